The third-order valence-electron chi connectivity index (χ3n) is 10.3. The van der Waals surface area contributed by atoms with E-state index in [1.807, 2.05) is 6.07 Å². The number of nitrogens with one attached hydrogen (secondary N) is 4. The highest BCUT2D eigenvalue weighted by atomic mass is 16.2. The number of H-pyrrole nitrogens is 1. The summed E-state index contributed by atoms with van der Waals surface area (Å²) in [4.78, 5) is 28.5. The number of hydrogen-bond donors (Lipinski definition) is 4. The summed E-state index contributed by atoms with van der Waals surface area (Å²) >= 11 is 0. The minimum atomic E-state index is -0.0546. The number of nitrogens with zero attached hydrogens (tertiary/aromatic N) is 5. The van der Waals surface area contributed by atoms with Crippen molar-refractivity contribution in [3.63, 3.8) is 0 Å². The van der Waals surface area contributed by atoms with Crippen molar-refractivity contribution in [1.29, 1.82) is 0 Å². The van der Waals surface area contributed by atoms with Crippen LogP contribution in [0.15, 0.2) is 36.5 Å². The maximum Gasteiger partial charge on any atom is 0.532 e. The molecule has 10 heteroatoms. The van der Waals surface area contributed by atoms with Crippen molar-refractivity contribution in [1.82, 2.24) is 35.7 Å². The Hall–Kier alpha value is -3.97. The Morgan fingerprint density at radius 1 is 0.955 bits per heavy atom. The third kappa shape index (κ3) is 6.29. The first-order valence-corrected chi connectivity index (χ1v) is 16.4. The highest BCUT2D eigenvalue weighted by Gasteiger charge is 2.46. The van der Waals surface area contributed by atoms with Gasteiger partial charge in [-0.1, -0.05) is 36.0 Å². The SMILES string of the molecule is CN(C)C1(c2ccc3c(c2)CC(NC(=O)NC2CCC(C#[N+]c4nccc(Nc5cc(C6CCCC6)[nH]n5)n4)CC2)C3)CC1. The molecule has 0 radical (unpaired) electrons. The molecule has 2 amide bonds. The molecule has 7 rings (SSSR count). The second kappa shape index (κ2) is 12.2. The summed E-state index contributed by atoms with van der Waals surface area (Å²) in [5.41, 5.74) is 5.58. The fraction of sp³-hybridized carbons (Fsp3) is 0.559. The molecule has 4 N–H and O–H groups in total. The van der Waals surface area contributed by atoms with Crippen molar-refractivity contribution >= 4 is 23.6 Å². The van der Waals surface area contributed by atoms with E-state index in [0.29, 0.717) is 17.7 Å². The van der Waals surface area contributed by atoms with E-state index < -0.39 is 0 Å². The Balaban J connectivity index is 0.859. The molecule has 2 heterocycles. The number of amides is 2. The Morgan fingerprint density at radius 3 is 2.50 bits per heavy atom. The Kier molecular flexibility index (Phi) is 7.98. The molecule has 0 aliphatic heterocycles. The lowest BCUT2D eigenvalue weighted by Crippen LogP contribution is -2.47. The summed E-state index contributed by atoms with van der Waals surface area (Å²) < 4.78 is 0. The standard InChI is InChI=1S/C34H43N9O/c1-43(2)34(14-15-34)26-10-9-24-18-28(19-25(24)17-26)38-33(44)37-27-11-7-22(8-12-27)21-36-32-35-16-13-30(40-32)39-31-20-29(41-42-31)23-5-3-4-6-23/h9-10,13,16-17,20,22-23,27-28H,3-8,11-12,14-15,18-19H2,1-2H3,(H3-,35,37,38,39,40,41,42,44)/p+1. The molecule has 0 bridgehead atoms. The van der Waals surface area contributed by atoms with Gasteiger partial charge in [-0.3, -0.25) is 10.00 Å². The van der Waals surface area contributed by atoms with Gasteiger partial charge < -0.3 is 16.0 Å². The Labute approximate surface area is 259 Å². The minimum Gasteiger partial charge on any atom is -0.335 e. The van der Waals surface area contributed by atoms with E-state index >= 15 is 0 Å². The van der Waals surface area contributed by atoms with Crippen LogP contribution < -0.4 is 16.0 Å². The molecule has 10 nitrogen and oxygen atoms in total. The highest BCUT2D eigenvalue weighted by molar-refractivity contribution is 5.75. The molecule has 4 aliphatic rings. The number of benzene rings is 1. The smallest absolute Gasteiger partial charge is 0.335 e. The first kappa shape index (κ1) is 28.8. The van der Waals surface area contributed by atoms with E-state index in [0.717, 1.165) is 44.3 Å². The molecule has 4 aliphatic carbocycles. The molecule has 1 atom stereocenters. The van der Waals surface area contributed by atoms with E-state index in [-0.39, 0.29) is 29.6 Å². The second-order valence-electron chi connectivity index (χ2n) is 13.5. The number of hydrogen-bond acceptors (Lipinski definition) is 6. The van der Waals surface area contributed by atoms with Crippen molar-refractivity contribution in [2.24, 2.45) is 5.92 Å². The van der Waals surface area contributed by atoms with Crippen LogP contribution in [0.2, 0.25) is 0 Å². The number of aromatic nitrogens is 4. The van der Waals surface area contributed by atoms with Gasteiger partial charge in [0, 0.05) is 41.4 Å². The number of rotatable bonds is 7. The van der Waals surface area contributed by atoms with Gasteiger partial charge in [-0.15, -0.1) is 0 Å². The number of fused-ring (bicyclic) bond motifs is 1. The van der Waals surface area contributed by atoms with E-state index in [4.69, 9.17) is 0 Å². The van der Waals surface area contributed by atoms with Gasteiger partial charge in [0.2, 0.25) is 5.82 Å². The van der Waals surface area contributed by atoms with Gasteiger partial charge in [-0.2, -0.15) is 9.94 Å². The normalized spacial score (nSPS) is 23.9. The summed E-state index contributed by atoms with van der Waals surface area (Å²) in [5.74, 6) is 2.62. The molecule has 44 heavy (non-hydrogen) atoms. The quantitative estimate of drug-likeness (QED) is 0.261. The second-order valence-corrected chi connectivity index (χ2v) is 13.5. The number of urea groups is 1. The zero-order valence-corrected chi connectivity index (χ0v) is 25.9. The molecule has 3 aromatic rings. The van der Waals surface area contributed by atoms with Crippen LogP contribution in [0, 0.1) is 12.0 Å². The Bertz CT molecular complexity index is 1550. The molecule has 0 spiro atoms. The van der Waals surface area contributed by atoms with Crippen LogP contribution >= 0.6 is 0 Å². The summed E-state index contributed by atoms with van der Waals surface area (Å²) in [6, 6.07) is 14.4. The van der Waals surface area contributed by atoms with Gasteiger partial charge in [-0.05, 0) is 100.0 Å². The predicted octanol–water partition coefficient (Wildman–Crippen LogP) is 6.14. The zero-order valence-electron chi connectivity index (χ0n) is 25.9. The van der Waals surface area contributed by atoms with Gasteiger partial charge >= 0.3 is 12.0 Å². The first-order chi connectivity index (χ1) is 21.4. The fourth-order valence-electron chi connectivity index (χ4n) is 7.50. The molecule has 0 saturated heterocycles. The van der Waals surface area contributed by atoms with Gasteiger partial charge in [0.1, 0.15) is 12.3 Å². The maximum atomic E-state index is 12.9. The summed E-state index contributed by atoms with van der Waals surface area (Å²) in [6.45, 7) is 0. The third-order valence-corrected chi connectivity index (χ3v) is 10.3. The van der Waals surface area contributed by atoms with Crippen molar-refractivity contribution < 1.29 is 4.79 Å². The minimum absolute atomic E-state index is 0.0546. The van der Waals surface area contributed by atoms with Crippen LogP contribution in [0.25, 0.3) is 4.85 Å². The predicted molar refractivity (Wildman–Crippen MR) is 172 cm³/mol. The molecule has 3 fully saturated rings. The topological polar surface area (TPSA) is 115 Å². The lowest BCUT2D eigenvalue weighted by Gasteiger charge is -2.26. The number of carbonyl (C=O) groups excluding carboxylic acids is 1. The van der Waals surface area contributed by atoms with Crippen molar-refractivity contribution in [3.05, 3.63) is 63.8 Å². The van der Waals surface area contributed by atoms with E-state index in [9.17, 15) is 4.79 Å². The molecular weight excluding hydrogens is 550 g/mol. The van der Waals surface area contributed by atoms with Crippen LogP contribution in [0.3, 0.4) is 0 Å². The zero-order chi connectivity index (χ0) is 30.1. The van der Waals surface area contributed by atoms with Crippen LogP contribution in [0.4, 0.5) is 22.4 Å². The molecule has 1 unspecified atom stereocenters. The first-order valence-electron chi connectivity index (χ1n) is 16.4. The molecular formula is C34H44N9O+. The molecule has 230 valence electrons. The van der Waals surface area contributed by atoms with E-state index in [1.165, 1.54) is 60.9 Å². The van der Waals surface area contributed by atoms with Crippen molar-refractivity contribution in [2.75, 3.05) is 19.4 Å². The summed E-state index contributed by atoms with van der Waals surface area (Å²) in [6.07, 6.45) is 14.7. The van der Waals surface area contributed by atoms with E-state index in [2.05, 4.69) is 90.3 Å². The van der Waals surface area contributed by atoms with Crippen LogP contribution in [0.5, 0.6) is 0 Å². The van der Waals surface area contributed by atoms with E-state index in [1.54, 1.807) is 6.20 Å². The van der Waals surface area contributed by atoms with Gasteiger partial charge in [0.05, 0.1) is 5.92 Å². The maximum absolute atomic E-state index is 12.9. The van der Waals surface area contributed by atoms with Gasteiger partial charge in [-0.25, -0.2) is 4.79 Å². The summed E-state index contributed by atoms with van der Waals surface area (Å²) in [7, 11) is 4.35. The highest BCUT2D eigenvalue weighted by Crippen LogP contribution is 2.50. The number of aromatic amines is 1. The number of carbonyl (C=O) groups is 1. The fourth-order valence-corrected chi connectivity index (χ4v) is 7.50. The van der Waals surface area contributed by atoms with Crippen LogP contribution in [-0.4, -0.2) is 57.3 Å². The monoisotopic (exact) mass is 594 g/mol. The lowest BCUT2D eigenvalue weighted by molar-refractivity contribution is 0.227. The molecule has 2 aromatic heterocycles. The largest absolute Gasteiger partial charge is 0.532 e. The van der Waals surface area contributed by atoms with Gasteiger partial charge in [0.15, 0.2) is 5.82 Å². The van der Waals surface area contributed by atoms with Crippen molar-refractivity contribution in [2.45, 2.75) is 101 Å². The Morgan fingerprint density at radius 2 is 1.73 bits per heavy atom. The summed E-state index contributed by atoms with van der Waals surface area (Å²) in [5, 5.41) is 17.3. The average molecular weight is 595 g/mol. The van der Waals surface area contributed by atoms with Gasteiger partial charge in [0.25, 0.3) is 0 Å². The van der Waals surface area contributed by atoms with Crippen LogP contribution in [-0.2, 0) is 18.4 Å². The number of anilines is 2. The molecule has 3 saturated carbocycles. The average Bonchev–Trinajstić information content (AvgIpc) is 3.32. The molecule has 1 aromatic carbocycles. The van der Waals surface area contributed by atoms with Crippen LogP contribution in [0.1, 0.15) is 92.5 Å². The van der Waals surface area contributed by atoms with Crippen molar-refractivity contribution in [3.8, 4) is 6.07 Å². The lowest BCUT2D eigenvalue weighted by atomic mass is 9.87.